The Kier molecular flexibility index (Phi) is 4.55. The van der Waals surface area contributed by atoms with Crippen LogP contribution in [0.5, 0.6) is 5.75 Å². The van der Waals surface area contributed by atoms with E-state index >= 15 is 0 Å². The van der Waals surface area contributed by atoms with Crippen LogP contribution in [0.2, 0.25) is 0 Å². The van der Waals surface area contributed by atoms with E-state index < -0.39 is 5.91 Å². The molecule has 0 aliphatic rings. The van der Waals surface area contributed by atoms with Gasteiger partial charge in [-0.3, -0.25) is 4.79 Å². The van der Waals surface area contributed by atoms with Gasteiger partial charge in [-0.2, -0.15) is 0 Å². The molecule has 0 fully saturated rings. The average Bonchev–Trinajstić information content (AvgIpc) is 2.47. The van der Waals surface area contributed by atoms with Crippen LogP contribution in [0.1, 0.15) is 22.8 Å². The lowest BCUT2D eigenvalue weighted by Crippen LogP contribution is -2.13. The first kappa shape index (κ1) is 13.9. The van der Waals surface area contributed by atoms with Crippen molar-refractivity contribution in [2.45, 2.75) is 13.5 Å². The maximum absolute atomic E-state index is 11.3. The second-order valence-corrected chi connectivity index (χ2v) is 4.23. The number of primary amides is 1. The zero-order valence-electron chi connectivity index (χ0n) is 11.3. The van der Waals surface area contributed by atoms with Crippen LogP contribution in [0, 0.1) is 0 Å². The Bertz CT molecular complexity index is 582. The van der Waals surface area contributed by atoms with Gasteiger partial charge in [-0.05, 0) is 25.1 Å². The van der Waals surface area contributed by atoms with Crippen molar-refractivity contribution in [1.29, 1.82) is 0 Å². The number of nitrogens with one attached hydrogen (secondary N) is 1. The number of rotatable bonds is 6. The number of nitrogens with zero attached hydrogens (tertiary/aromatic N) is 1. The number of amides is 1. The molecule has 104 valence electrons. The van der Waals surface area contributed by atoms with E-state index in [4.69, 9.17) is 10.5 Å². The van der Waals surface area contributed by atoms with Gasteiger partial charge in [0.1, 0.15) is 18.2 Å². The first-order valence-corrected chi connectivity index (χ1v) is 6.41. The molecule has 0 saturated heterocycles. The van der Waals surface area contributed by atoms with Crippen molar-refractivity contribution in [3.8, 4) is 5.75 Å². The predicted molar refractivity (Wildman–Crippen MR) is 77.7 cm³/mol. The molecule has 0 aliphatic heterocycles. The van der Waals surface area contributed by atoms with E-state index in [1.807, 2.05) is 19.1 Å². The number of para-hydroxylation sites is 1. The summed E-state index contributed by atoms with van der Waals surface area (Å²) in [6.45, 7) is 3.18. The zero-order chi connectivity index (χ0) is 14.4. The topological polar surface area (TPSA) is 77.2 Å². The molecule has 20 heavy (non-hydrogen) atoms. The first-order chi connectivity index (χ1) is 9.70. The summed E-state index contributed by atoms with van der Waals surface area (Å²) in [5, 5.41) is 3.12. The predicted octanol–water partition coefficient (Wildman–Crippen LogP) is 2.19. The van der Waals surface area contributed by atoms with E-state index in [0.29, 0.717) is 17.9 Å². The van der Waals surface area contributed by atoms with Crippen LogP contribution in [0.15, 0.2) is 42.6 Å². The molecule has 0 unspecified atom stereocenters. The number of benzene rings is 1. The molecular weight excluding hydrogens is 254 g/mol. The molecule has 0 saturated carbocycles. The third-order valence-electron chi connectivity index (χ3n) is 2.73. The SMILES string of the molecule is CCNc1ccc(COc2ccccc2C(N)=O)cn1. The van der Waals surface area contributed by atoms with Crippen molar-refractivity contribution in [3.05, 3.63) is 53.7 Å². The fourth-order valence-corrected chi connectivity index (χ4v) is 1.75. The summed E-state index contributed by atoms with van der Waals surface area (Å²) in [6, 6.07) is 10.7. The van der Waals surface area contributed by atoms with Gasteiger partial charge in [0, 0.05) is 18.3 Å². The van der Waals surface area contributed by atoms with E-state index in [1.54, 1.807) is 30.5 Å². The van der Waals surface area contributed by atoms with Crippen molar-refractivity contribution in [2.75, 3.05) is 11.9 Å². The van der Waals surface area contributed by atoms with Crippen LogP contribution in [0.4, 0.5) is 5.82 Å². The summed E-state index contributed by atoms with van der Waals surface area (Å²) in [7, 11) is 0. The van der Waals surface area contributed by atoms with E-state index in [9.17, 15) is 4.79 Å². The average molecular weight is 271 g/mol. The molecule has 2 rings (SSSR count). The molecule has 5 nitrogen and oxygen atoms in total. The van der Waals surface area contributed by atoms with Crippen molar-refractivity contribution < 1.29 is 9.53 Å². The van der Waals surface area contributed by atoms with E-state index in [2.05, 4.69) is 10.3 Å². The van der Waals surface area contributed by atoms with E-state index in [1.165, 1.54) is 0 Å². The summed E-state index contributed by atoms with van der Waals surface area (Å²) >= 11 is 0. The number of pyridine rings is 1. The summed E-state index contributed by atoms with van der Waals surface area (Å²) < 4.78 is 5.62. The number of hydrogen-bond acceptors (Lipinski definition) is 4. The van der Waals surface area contributed by atoms with Crippen molar-refractivity contribution in [2.24, 2.45) is 5.73 Å². The number of ether oxygens (including phenoxy) is 1. The number of anilines is 1. The Labute approximate surface area is 117 Å². The number of carbonyl (C=O) groups excluding carboxylic acids is 1. The lowest BCUT2D eigenvalue weighted by Gasteiger charge is -2.09. The standard InChI is InChI=1S/C15H17N3O2/c1-2-17-14-8-7-11(9-18-14)10-20-13-6-4-3-5-12(13)15(16)19/h3-9H,2,10H2,1H3,(H2,16,19)(H,17,18). The second-order valence-electron chi connectivity index (χ2n) is 4.23. The molecule has 3 N–H and O–H groups in total. The molecule has 1 aromatic carbocycles. The van der Waals surface area contributed by atoms with E-state index in [-0.39, 0.29) is 0 Å². The molecule has 2 aromatic rings. The number of nitrogens with two attached hydrogens (primary N) is 1. The van der Waals surface area contributed by atoms with Crippen LogP contribution in [0.25, 0.3) is 0 Å². The van der Waals surface area contributed by atoms with Crippen molar-refractivity contribution in [3.63, 3.8) is 0 Å². The van der Waals surface area contributed by atoms with Gasteiger partial charge in [-0.15, -0.1) is 0 Å². The highest BCUT2D eigenvalue weighted by Crippen LogP contribution is 2.18. The van der Waals surface area contributed by atoms with Crippen LogP contribution >= 0.6 is 0 Å². The van der Waals surface area contributed by atoms with Gasteiger partial charge < -0.3 is 15.8 Å². The summed E-state index contributed by atoms with van der Waals surface area (Å²) in [5.74, 6) is 0.811. The van der Waals surface area contributed by atoms with Gasteiger partial charge in [-0.1, -0.05) is 18.2 Å². The molecule has 0 aliphatic carbocycles. The van der Waals surface area contributed by atoms with Gasteiger partial charge in [0.2, 0.25) is 0 Å². The minimum absolute atomic E-state index is 0.337. The zero-order valence-corrected chi connectivity index (χ0v) is 11.3. The van der Waals surface area contributed by atoms with Gasteiger partial charge in [0.05, 0.1) is 5.56 Å². The normalized spacial score (nSPS) is 10.1. The fourth-order valence-electron chi connectivity index (χ4n) is 1.75. The van der Waals surface area contributed by atoms with Crippen LogP contribution in [0.3, 0.4) is 0 Å². The maximum atomic E-state index is 11.3. The smallest absolute Gasteiger partial charge is 0.252 e. The molecule has 0 bridgehead atoms. The highest BCUT2D eigenvalue weighted by molar-refractivity contribution is 5.95. The summed E-state index contributed by atoms with van der Waals surface area (Å²) in [6.07, 6.45) is 1.74. The lowest BCUT2D eigenvalue weighted by atomic mass is 10.2. The third-order valence-corrected chi connectivity index (χ3v) is 2.73. The molecule has 1 aromatic heterocycles. The molecule has 5 heteroatoms. The Morgan fingerprint density at radius 2 is 2.10 bits per heavy atom. The highest BCUT2D eigenvalue weighted by Gasteiger charge is 2.08. The van der Waals surface area contributed by atoms with Gasteiger partial charge in [0.25, 0.3) is 5.91 Å². The van der Waals surface area contributed by atoms with Crippen molar-refractivity contribution in [1.82, 2.24) is 4.98 Å². The first-order valence-electron chi connectivity index (χ1n) is 6.41. The van der Waals surface area contributed by atoms with Crippen molar-refractivity contribution >= 4 is 11.7 Å². The minimum Gasteiger partial charge on any atom is -0.488 e. The second kappa shape index (κ2) is 6.56. The van der Waals surface area contributed by atoms with E-state index in [0.717, 1.165) is 17.9 Å². The van der Waals surface area contributed by atoms with Crippen LogP contribution in [-0.2, 0) is 6.61 Å². The molecule has 0 spiro atoms. The molecule has 1 heterocycles. The molecular formula is C15H17N3O2. The van der Waals surface area contributed by atoms with Crippen LogP contribution in [-0.4, -0.2) is 17.4 Å². The minimum atomic E-state index is -0.499. The Morgan fingerprint density at radius 3 is 2.75 bits per heavy atom. The number of carbonyl (C=O) groups is 1. The van der Waals surface area contributed by atoms with Gasteiger partial charge >= 0.3 is 0 Å². The van der Waals surface area contributed by atoms with Gasteiger partial charge in [-0.25, -0.2) is 4.98 Å². The summed E-state index contributed by atoms with van der Waals surface area (Å²) in [4.78, 5) is 15.5. The largest absolute Gasteiger partial charge is 0.488 e. The third kappa shape index (κ3) is 3.47. The monoisotopic (exact) mass is 271 g/mol. The fraction of sp³-hybridized carbons (Fsp3) is 0.200. The maximum Gasteiger partial charge on any atom is 0.252 e. The number of aromatic nitrogens is 1. The molecule has 0 radical (unpaired) electrons. The Morgan fingerprint density at radius 1 is 1.30 bits per heavy atom. The molecule has 0 atom stereocenters. The lowest BCUT2D eigenvalue weighted by molar-refractivity contribution is 0.0996. The molecule has 1 amide bonds. The van der Waals surface area contributed by atoms with Crippen LogP contribution < -0.4 is 15.8 Å². The van der Waals surface area contributed by atoms with Gasteiger partial charge in [0.15, 0.2) is 0 Å². The number of hydrogen-bond donors (Lipinski definition) is 2. The highest BCUT2D eigenvalue weighted by atomic mass is 16.5. The quantitative estimate of drug-likeness (QED) is 0.844. The summed E-state index contributed by atoms with van der Waals surface area (Å²) in [5.41, 5.74) is 6.60. The Balaban J connectivity index is 2.03. The Hall–Kier alpha value is -2.56.